The zero-order valence-electron chi connectivity index (χ0n) is 13.6. The van der Waals surface area contributed by atoms with Crippen LogP contribution < -0.4 is 5.32 Å². The molecule has 0 aliphatic heterocycles. The molecule has 134 valence electrons. The Labute approximate surface area is 149 Å². The molecule has 0 aliphatic rings. The van der Waals surface area contributed by atoms with Gasteiger partial charge in [-0.05, 0) is 24.3 Å². The van der Waals surface area contributed by atoms with Gasteiger partial charge in [-0.2, -0.15) is 0 Å². The van der Waals surface area contributed by atoms with E-state index >= 15 is 0 Å². The molecule has 0 saturated carbocycles. The fraction of sp³-hybridized carbons (Fsp3) is 0.111. The molecule has 0 atom stereocenters. The van der Waals surface area contributed by atoms with Crippen molar-refractivity contribution in [1.29, 1.82) is 0 Å². The predicted octanol–water partition coefficient (Wildman–Crippen LogP) is 2.68. The lowest BCUT2D eigenvalue weighted by Crippen LogP contribution is -2.29. The van der Waals surface area contributed by atoms with Crippen LogP contribution >= 0.6 is 0 Å². The number of benzene rings is 2. The van der Waals surface area contributed by atoms with Crippen LogP contribution in [0.15, 0.2) is 70.1 Å². The van der Waals surface area contributed by atoms with Gasteiger partial charge in [0, 0.05) is 18.2 Å². The minimum absolute atomic E-state index is 0.000879. The van der Waals surface area contributed by atoms with E-state index in [0.717, 1.165) is 17.7 Å². The Morgan fingerprint density at radius 2 is 1.77 bits per heavy atom. The number of carbonyl (C=O) groups is 1. The fourth-order valence-corrected chi connectivity index (χ4v) is 3.43. The first kappa shape index (κ1) is 17.8. The van der Waals surface area contributed by atoms with Crippen LogP contribution in [0, 0.1) is 5.82 Å². The lowest BCUT2D eigenvalue weighted by molar-refractivity contribution is 0.0947. The van der Waals surface area contributed by atoms with Gasteiger partial charge < -0.3 is 9.84 Å². The number of carbonyl (C=O) groups excluding carboxylic acids is 1. The number of aromatic nitrogens is 1. The second kappa shape index (κ2) is 7.49. The Morgan fingerprint density at radius 1 is 1.08 bits per heavy atom. The molecule has 6 nitrogen and oxygen atoms in total. The van der Waals surface area contributed by atoms with E-state index < -0.39 is 21.6 Å². The van der Waals surface area contributed by atoms with Crippen molar-refractivity contribution in [3.05, 3.63) is 72.2 Å². The number of amides is 1. The zero-order valence-corrected chi connectivity index (χ0v) is 14.4. The quantitative estimate of drug-likeness (QED) is 0.670. The largest absolute Gasteiger partial charge is 0.355 e. The van der Waals surface area contributed by atoms with Gasteiger partial charge in [0.2, 0.25) is 0 Å². The summed E-state index contributed by atoms with van der Waals surface area (Å²) in [7, 11) is -3.62. The molecule has 0 unspecified atom stereocenters. The van der Waals surface area contributed by atoms with Crippen LogP contribution in [0.1, 0.15) is 10.5 Å². The molecule has 0 aliphatic carbocycles. The van der Waals surface area contributed by atoms with Crippen molar-refractivity contribution < 1.29 is 22.1 Å². The van der Waals surface area contributed by atoms with E-state index in [1.165, 1.54) is 18.2 Å². The van der Waals surface area contributed by atoms with Crippen LogP contribution in [0.5, 0.6) is 0 Å². The first-order valence-electron chi connectivity index (χ1n) is 7.74. The molecule has 2 aromatic carbocycles. The van der Waals surface area contributed by atoms with Crippen molar-refractivity contribution >= 4 is 15.7 Å². The molecule has 8 heteroatoms. The smallest absolute Gasteiger partial charge is 0.273 e. The standard InChI is InChI=1S/C18H15FN2O4S/c19-14-6-8-15(9-7-14)26(23,24)11-10-20-18(22)16-12-17(25-21-16)13-4-2-1-3-5-13/h1-9,12H,10-11H2,(H,20,22). The fourth-order valence-electron chi connectivity index (χ4n) is 2.27. The number of halogens is 1. The minimum atomic E-state index is -3.62. The Kier molecular flexibility index (Phi) is 5.13. The van der Waals surface area contributed by atoms with E-state index in [0.29, 0.717) is 5.76 Å². The molecule has 1 heterocycles. The Morgan fingerprint density at radius 3 is 2.46 bits per heavy atom. The molecule has 0 spiro atoms. The molecule has 0 fully saturated rings. The highest BCUT2D eigenvalue weighted by Crippen LogP contribution is 2.19. The number of rotatable bonds is 6. The third-order valence-electron chi connectivity index (χ3n) is 3.63. The summed E-state index contributed by atoms with van der Waals surface area (Å²) in [6.07, 6.45) is 0. The summed E-state index contributed by atoms with van der Waals surface area (Å²) in [5.74, 6) is -0.925. The monoisotopic (exact) mass is 374 g/mol. The maximum atomic E-state index is 12.9. The summed E-state index contributed by atoms with van der Waals surface area (Å²) in [6.45, 7) is -0.105. The first-order valence-corrected chi connectivity index (χ1v) is 9.39. The normalized spacial score (nSPS) is 11.3. The van der Waals surface area contributed by atoms with Crippen molar-refractivity contribution in [2.24, 2.45) is 0 Å². The van der Waals surface area contributed by atoms with E-state index in [9.17, 15) is 17.6 Å². The summed E-state index contributed by atoms with van der Waals surface area (Å²) in [5.41, 5.74) is 0.834. The van der Waals surface area contributed by atoms with Crippen LogP contribution in [0.4, 0.5) is 4.39 Å². The van der Waals surface area contributed by atoms with Gasteiger partial charge in [-0.1, -0.05) is 35.5 Å². The zero-order chi connectivity index (χ0) is 18.6. The molecule has 0 bridgehead atoms. The Hall–Kier alpha value is -3.00. The highest BCUT2D eigenvalue weighted by molar-refractivity contribution is 7.91. The number of hydrogen-bond acceptors (Lipinski definition) is 5. The topological polar surface area (TPSA) is 89.3 Å². The second-order valence-electron chi connectivity index (χ2n) is 5.47. The van der Waals surface area contributed by atoms with Gasteiger partial charge in [-0.3, -0.25) is 4.79 Å². The average molecular weight is 374 g/mol. The van der Waals surface area contributed by atoms with Gasteiger partial charge >= 0.3 is 0 Å². The van der Waals surface area contributed by atoms with E-state index in [2.05, 4.69) is 10.5 Å². The van der Waals surface area contributed by atoms with Gasteiger partial charge in [0.1, 0.15) is 5.82 Å². The van der Waals surface area contributed by atoms with Crippen LogP contribution in [0.25, 0.3) is 11.3 Å². The maximum Gasteiger partial charge on any atom is 0.273 e. The maximum absolute atomic E-state index is 12.9. The van der Waals surface area contributed by atoms with Crippen LogP contribution in [0.3, 0.4) is 0 Å². The van der Waals surface area contributed by atoms with Gasteiger partial charge in [0.15, 0.2) is 21.3 Å². The molecule has 3 rings (SSSR count). The average Bonchev–Trinajstić information content (AvgIpc) is 3.13. The minimum Gasteiger partial charge on any atom is -0.355 e. The molecule has 0 saturated heterocycles. The molecule has 3 aromatic rings. The number of nitrogens with one attached hydrogen (secondary N) is 1. The van der Waals surface area contributed by atoms with Crippen molar-refractivity contribution in [1.82, 2.24) is 10.5 Å². The summed E-state index contributed by atoms with van der Waals surface area (Å²) in [5, 5.41) is 6.18. The van der Waals surface area contributed by atoms with Gasteiger partial charge in [-0.25, -0.2) is 12.8 Å². The third-order valence-corrected chi connectivity index (χ3v) is 5.36. The SMILES string of the molecule is O=C(NCCS(=O)(=O)c1ccc(F)cc1)c1cc(-c2ccccc2)on1. The third kappa shape index (κ3) is 4.15. The number of sulfone groups is 1. The van der Waals surface area contributed by atoms with Crippen molar-refractivity contribution in [2.75, 3.05) is 12.3 Å². The lowest BCUT2D eigenvalue weighted by Gasteiger charge is -2.05. The summed E-state index contributed by atoms with van der Waals surface area (Å²) in [4.78, 5) is 12.1. The van der Waals surface area contributed by atoms with Crippen LogP contribution in [-0.2, 0) is 9.84 Å². The van der Waals surface area contributed by atoms with E-state index in [4.69, 9.17) is 4.52 Å². The molecule has 1 aromatic heterocycles. The molecule has 0 radical (unpaired) electrons. The van der Waals surface area contributed by atoms with Crippen molar-refractivity contribution in [2.45, 2.75) is 4.90 Å². The summed E-state index contributed by atoms with van der Waals surface area (Å²) in [6, 6.07) is 15.2. The van der Waals surface area contributed by atoms with E-state index in [1.54, 1.807) is 0 Å². The van der Waals surface area contributed by atoms with Crippen molar-refractivity contribution in [3.8, 4) is 11.3 Å². The van der Waals surface area contributed by atoms with Gasteiger partial charge in [0.25, 0.3) is 5.91 Å². The molecular weight excluding hydrogens is 359 g/mol. The highest BCUT2D eigenvalue weighted by atomic mass is 32.2. The van der Waals surface area contributed by atoms with Gasteiger partial charge in [0.05, 0.1) is 10.6 Å². The highest BCUT2D eigenvalue weighted by Gasteiger charge is 2.17. The van der Waals surface area contributed by atoms with Crippen molar-refractivity contribution in [3.63, 3.8) is 0 Å². The number of hydrogen-bond donors (Lipinski definition) is 1. The Bertz CT molecular complexity index is 999. The van der Waals surface area contributed by atoms with Gasteiger partial charge in [-0.15, -0.1) is 0 Å². The van der Waals surface area contributed by atoms with E-state index in [-0.39, 0.29) is 22.9 Å². The molecule has 26 heavy (non-hydrogen) atoms. The van der Waals surface area contributed by atoms with E-state index in [1.807, 2.05) is 30.3 Å². The molecule has 1 amide bonds. The molecular formula is C18H15FN2O4S. The predicted molar refractivity (Wildman–Crippen MR) is 92.7 cm³/mol. The second-order valence-corrected chi connectivity index (χ2v) is 7.58. The summed E-state index contributed by atoms with van der Waals surface area (Å²) < 4.78 is 42.3. The molecule has 1 N–H and O–H groups in total. The van der Waals surface area contributed by atoms with Crippen LogP contribution in [0.2, 0.25) is 0 Å². The number of nitrogens with zero attached hydrogens (tertiary/aromatic N) is 1. The van der Waals surface area contributed by atoms with Crippen LogP contribution in [-0.4, -0.2) is 31.8 Å². The Balaban J connectivity index is 1.59. The first-order chi connectivity index (χ1) is 12.5. The summed E-state index contributed by atoms with van der Waals surface area (Å²) >= 11 is 0. The lowest BCUT2D eigenvalue weighted by atomic mass is 10.1.